The van der Waals surface area contributed by atoms with Crippen LogP contribution in [0.25, 0.3) is 22.2 Å². The summed E-state index contributed by atoms with van der Waals surface area (Å²) >= 11 is 5.98. The summed E-state index contributed by atoms with van der Waals surface area (Å²) in [5.74, 6) is -0.867. The molecule has 4 aliphatic heterocycles. The molecule has 6 heterocycles. The standard InChI is InChI=1S/C28H28ClF5N6O2/c1-13-18-4-2-7-40(18)24-19-23(37-26(38-24)41-12-27-5-3-6-39(27)11-14(30)10-27)21(31)22(36-25(19)42-13)16-8-15(35)9-17(29)20(16)28(32,33)34/h8-9,13-14,18H,2-7,10-12,35H2,1H3/t13?,14-,18+,27+/m1/s1. The summed E-state index contributed by atoms with van der Waals surface area (Å²) in [7, 11) is 0. The van der Waals surface area contributed by atoms with Crippen molar-refractivity contribution in [2.75, 3.05) is 36.9 Å². The number of rotatable bonds is 4. The zero-order chi connectivity index (χ0) is 29.6. The smallest absolute Gasteiger partial charge is 0.418 e. The lowest BCUT2D eigenvalue weighted by Gasteiger charge is -2.31. The van der Waals surface area contributed by atoms with Crippen LogP contribution in [0, 0.1) is 5.82 Å². The first-order valence-electron chi connectivity index (χ1n) is 14.0. The Morgan fingerprint density at radius 2 is 2.00 bits per heavy atom. The van der Waals surface area contributed by atoms with Crippen LogP contribution in [0.2, 0.25) is 5.02 Å². The van der Waals surface area contributed by atoms with Gasteiger partial charge in [0.2, 0.25) is 5.88 Å². The monoisotopic (exact) mass is 610 g/mol. The number of nitrogens with zero attached hydrogens (tertiary/aromatic N) is 5. The Morgan fingerprint density at radius 1 is 1.19 bits per heavy atom. The fourth-order valence-electron chi connectivity index (χ4n) is 7.19. The number of hydrogen-bond donors (Lipinski definition) is 1. The molecule has 4 atom stereocenters. The van der Waals surface area contributed by atoms with Crippen LogP contribution in [-0.4, -0.2) is 69.9 Å². The van der Waals surface area contributed by atoms with Crippen LogP contribution in [0.15, 0.2) is 12.1 Å². The molecule has 0 aliphatic carbocycles. The van der Waals surface area contributed by atoms with Crippen LogP contribution in [0.4, 0.5) is 33.5 Å². The van der Waals surface area contributed by atoms with Gasteiger partial charge in [-0.2, -0.15) is 23.1 Å². The number of aromatic nitrogens is 3. The minimum Gasteiger partial charge on any atom is -0.472 e. The molecule has 1 aromatic carbocycles. The number of benzene rings is 1. The van der Waals surface area contributed by atoms with Crippen LogP contribution in [0.3, 0.4) is 0 Å². The Balaban J connectivity index is 1.42. The quantitative estimate of drug-likeness (QED) is 0.293. The van der Waals surface area contributed by atoms with E-state index in [1.165, 1.54) is 0 Å². The molecule has 0 amide bonds. The van der Waals surface area contributed by atoms with Crippen molar-refractivity contribution in [2.24, 2.45) is 0 Å². The lowest BCUT2D eigenvalue weighted by Crippen LogP contribution is -2.43. The molecule has 7 rings (SSSR count). The molecule has 1 unspecified atom stereocenters. The second-order valence-corrected chi connectivity index (χ2v) is 12.1. The zero-order valence-corrected chi connectivity index (χ0v) is 23.4. The van der Waals surface area contributed by atoms with E-state index in [1.54, 1.807) is 0 Å². The van der Waals surface area contributed by atoms with Crippen molar-refractivity contribution < 1.29 is 31.4 Å². The number of nitrogens with two attached hydrogens (primary N) is 1. The Labute approximate surface area is 242 Å². The van der Waals surface area contributed by atoms with E-state index in [1.807, 2.05) is 11.8 Å². The Bertz CT molecular complexity index is 1590. The Kier molecular flexibility index (Phi) is 6.36. The number of hydrogen-bond acceptors (Lipinski definition) is 8. The lowest BCUT2D eigenvalue weighted by atomic mass is 9.95. The highest BCUT2D eigenvalue weighted by Gasteiger charge is 2.49. The number of ether oxygens (including phenoxy) is 2. The molecule has 3 saturated heterocycles. The van der Waals surface area contributed by atoms with E-state index in [0.717, 1.165) is 44.4 Å². The van der Waals surface area contributed by atoms with Crippen LogP contribution < -0.4 is 20.1 Å². The van der Waals surface area contributed by atoms with Gasteiger partial charge in [-0.3, -0.25) is 4.90 Å². The third-order valence-electron chi connectivity index (χ3n) is 9.01. The number of alkyl halides is 4. The molecule has 14 heteroatoms. The highest BCUT2D eigenvalue weighted by molar-refractivity contribution is 6.32. The number of pyridine rings is 1. The summed E-state index contributed by atoms with van der Waals surface area (Å²) in [4.78, 5) is 17.4. The Morgan fingerprint density at radius 3 is 2.79 bits per heavy atom. The van der Waals surface area contributed by atoms with Gasteiger partial charge in [-0.25, -0.2) is 13.8 Å². The van der Waals surface area contributed by atoms with Crippen LogP contribution in [-0.2, 0) is 6.18 Å². The first-order chi connectivity index (χ1) is 19.9. The average molecular weight is 611 g/mol. The first kappa shape index (κ1) is 27.6. The molecule has 0 saturated carbocycles. The summed E-state index contributed by atoms with van der Waals surface area (Å²) < 4.78 is 85.6. The molecule has 2 N–H and O–H groups in total. The Hall–Kier alpha value is -3.19. The average Bonchev–Trinajstić information content (AvgIpc) is 3.60. The van der Waals surface area contributed by atoms with Crippen LogP contribution >= 0.6 is 11.6 Å². The van der Waals surface area contributed by atoms with E-state index in [9.17, 15) is 17.6 Å². The zero-order valence-electron chi connectivity index (χ0n) is 22.6. The highest BCUT2D eigenvalue weighted by atomic mass is 35.5. The van der Waals surface area contributed by atoms with Gasteiger partial charge in [0, 0.05) is 30.8 Å². The number of halogens is 6. The van der Waals surface area contributed by atoms with Gasteiger partial charge in [-0.05, 0) is 51.3 Å². The van der Waals surface area contributed by atoms with Crippen molar-refractivity contribution in [1.82, 2.24) is 19.9 Å². The van der Waals surface area contributed by atoms with E-state index < -0.39 is 51.7 Å². The fourth-order valence-corrected chi connectivity index (χ4v) is 7.52. The molecule has 3 fully saturated rings. The molecule has 4 aliphatic rings. The third-order valence-corrected chi connectivity index (χ3v) is 9.30. The van der Waals surface area contributed by atoms with Gasteiger partial charge in [0.25, 0.3) is 0 Å². The molecule has 0 bridgehead atoms. The topological polar surface area (TPSA) is 89.6 Å². The normalized spacial score (nSPS) is 27.2. The first-order valence-corrected chi connectivity index (χ1v) is 14.4. The van der Waals surface area contributed by atoms with Crippen LogP contribution in [0.1, 0.15) is 44.6 Å². The lowest BCUT2D eigenvalue weighted by molar-refractivity contribution is -0.137. The van der Waals surface area contributed by atoms with Gasteiger partial charge in [-0.15, -0.1) is 0 Å². The van der Waals surface area contributed by atoms with Crippen molar-refractivity contribution in [3.8, 4) is 23.1 Å². The summed E-state index contributed by atoms with van der Waals surface area (Å²) in [5.41, 5.74) is 2.39. The summed E-state index contributed by atoms with van der Waals surface area (Å²) in [6.45, 7) is 3.63. The van der Waals surface area contributed by atoms with E-state index >= 15 is 4.39 Å². The van der Waals surface area contributed by atoms with E-state index in [4.69, 9.17) is 26.8 Å². The molecule has 2 aromatic heterocycles. The van der Waals surface area contributed by atoms with Gasteiger partial charge in [0.1, 0.15) is 41.3 Å². The number of anilines is 2. The van der Waals surface area contributed by atoms with Gasteiger partial charge in [0.05, 0.1) is 22.2 Å². The second-order valence-electron chi connectivity index (χ2n) is 11.6. The predicted octanol–water partition coefficient (Wildman–Crippen LogP) is 5.79. The largest absolute Gasteiger partial charge is 0.472 e. The van der Waals surface area contributed by atoms with Crippen molar-refractivity contribution in [3.05, 3.63) is 28.5 Å². The van der Waals surface area contributed by atoms with Crippen molar-refractivity contribution in [3.63, 3.8) is 0 Å². The molecule has 3 aromatic rings. The minimum absolute atomic E-state index is 0.0897. The van der Waals surface area contributed by atoms with Gasteiger partial charge < -0.3 is 20.1 Å². The van der Waals surface area contributed by atoms with E-state index in [0.29, 0.717) is 25.3 Å². The maximum absolute atomic E-state index is 16.5. The van der Waals surface area contributed by atoms with Gasteiger partial charge in [-0.1, -0.05) is 11.6 Å². The fraction of sp³-hybridized carbons (Fsp3) is 0.536. The van der Waals surface area contributed by atoms with Crippen molar-refractivity contribution >= 4 is 34.0 Å². The maximum Gasteiger partial charge on any atom is 0.418 e. The molecule has 8 nitrogen and oxygen atoms in total. The SMILES string of the molecule is CC1Oc2nc(-c3cc(N)cc(Cl)c3C(F)(F)F)c(F)c3nc(OC[C@@]45CCCN4C[C@H](F)C5)nc(c23)N2CCC[C@@H]12. The number of fused-ring (bicyclic) bond motifs is 3. The maximum atomic E-state index is 16.5. The second kappa shape index (κ2) is 9.66. The molecular weight excluding hydrogens is 583 g/mol. The van der Waals surface area contributed by atoms with Gasteiger partial charge in [0.15, 0.2) is 5.82 Å². The summed E-state index contributed by atoms with van der Waals surface area (Å²) in [6.07, 6.45) is -2.75. The van der Waals surface area contributed by atoms with E-state index in [-0.39, 0.29) is 41.1 Å². The molecule has 0 spiro atoms. The minimum atomic E-state index is -4.93. The molecule has 224 valence electrons. The van der Waals surface area contributed by atoms with Crippen LogP contribution in [0.5, 0.6) is 11.9 Å². The third kappa shape index (κ3) is 4.30. The summed E-state index contributed by atoms with van der Waals surface area (Å²) in [5, 5.41) is -0.538. The summed E-state index contributed by atoms with van der Waals surface area (Å²) in [6, 6.07) is 1.66. The van der Waals surface area contributed by atoms with Crippen molar-refractivity contribution in [2.45, 2.75) is 69.1 Å². The highest BCUT2D eigenvalue weighted by Crippen LogP contribution is 2.47. The van der Waals surface area contributed by atoms with Crippen molar-refractivity contribution in [1.29, 1.82) is 0 Å². The molecular formula is C28H28ClF5N6O2. The molecule has 0 radical (unpaired) electrons. The number of nitrogen functional groups attached to an aromatic ring is 1. The van der Waals surface area contributed by atoms with Gasteiger partial charge >= 0.3 is 12.2 Å². The molecule has 42 heavy (non-hydrogen) atoms. The predicted molar refractivity (Wildman–Crippen MR) is 146 cm³/mol. The van der Waals surface area contributed by atoms with E-state index in [2.05, 4.69) is 19.9 Å².